The van der Waals surface area contributed by atoms with Gasteiger partial charge in [-0.05, 0) is 30.7 Å². The van der Waals surface area contributed by atoms with E-state index in [9.17, 15) is 14.4 Å². The predicted molar refractivity (Wildman–Crippen MR) is 103 cm³/mol. The Bertz CT molecular complexity index is 1180. The summed E-state index contributed by atoms with van der Waals surface area (Å²) in [4.78, 5) is 42.5. The molecule has 0 unspecified atom stereocenters. The van der Waals surface area contributed by atoms with Gasteiger partial charge < -0.3 is 19.8 Å². The molecule has 0 aliphatic carbocycles. The smallest absolute Gasteiger partial charge is 0.325 e. The second kappa shape index (κ2) is 6.10. The number of fused-ring (bicyclic) bond motifs is 2. The van der Waals surface area contributed by atoms with Crippen molar-refractivity contribution in [3.8, 4) is 11.5 Å². The molecule has 2 N–H and O–H groups in total. The topological polar surface area (TPSA) is 101 Å². The molecule has 0 radical (unpaired) electrons. The normalized spacial score (nSPS) is 20.4. The second-order valence-electron chi connectivity index (χ2n) is 7.19. The molecular formula is C21H17N3O5. The average Bonchev–Trinajstić information content (AvgIpc) is 3.41. The molecule has 3 heterocycles. The van der Waals surface area contributed by atoms with E-state index >= 15 is 0 Å². The lowest BCUT2D eigenvalue weighted by atomic mass is 9.91. The van der Waals surface area contributed by atoms with Crippen molar-refractivity contribution in [3.63, 3.8) is 0 Å². The van der Waals surface area contributed by atoms with Gasteiger partial charge in [0.1, 0.15) is 5.54 Å². The lowest BCUT2D eigenvalue weighted by molar-refractivity contribution is -0.130. The molecule has 0 saturated carbocycles. The van der Waals surface area contributed by atoms with Crippen LogP contribution in [0.3, 0.4) is 0 Å². The van der Waals surface area contributed by atoms with Gasteiger partial charge in [0.2, 0.25) is 6.79 Å². The maximum Gasteiger partial charge on any atom is 0.325 e. The summed E-state index contributed by atoms with van der Waals surface area (Å²) >= 11 is 0. The quantitative estimate of drug-likeness (QED) is 0.526. The molecule has 3 aromatic rings. The molecule has 2 aliphatic rings. The first kappa shape index (κ1) is 17.3. The number of hydrogen-bond donors (Lipinski definition) is 2. The summed E-state index contributed by atoms with van der Waals surface area (Å²) in [5.41, 5.74) is 0.525. The van der Waals surface area contributed by atoms with E-state index in [4.69, 9.17) is 9.47 Å². The highest BCUT2D eigenvalue weighted by atomic mass is 16.7. The molecule has 146 valence electrons. The van der Waals surface area contributed by atoms with E-state index in [1.807, 2.05) is 24.3 Å². The molecule has 1 aromatic heterocycles. The molecule has 2 aliphatic heterocycles. The van der Waals surface area contributed by atoms with Crippen LogP contribution in [0, 0.1) is 0 Å². The Balaban J connectivity index is 1.42. The minimum atomic E-state index is -1.29. The number of hydrogen-bond acceptors (Lipinski definition) is 5. The van der Waals surface area contributed by atoms with E-state index in [1.165, 1.54) is 0 Å². The summed E-state index contributed by atoms with van der Waals surface area (Å²) in [7, 11) is 0. The van der Waals surface area contributed by atoms with Crippen LogP contribution in [0.5, 0.6) is 11.5 Å². The first-order valence-electron chi connectivity index (χ1n) is 9.11. The molecule has 2 aromatic carbocycles. The van der Waals surface area contributed by atoms with Crippen LogP contribution in [0.1, 0.15) is 22.8 Å². The van der Waals surface area contributed by atoms with Crippen LogP contribution in [0.4, 0.5) is 4.79 Å². The van der Waals surface area contributed by atoms with Gasteiger partial charge in [0.15, 0.2) is 17.3 Å². The number of carbonyl (C=O) groups is 3. The zero-order valence-corrected chi connectivity index (χ0v) is 15.5. The number of aromatic nitrogens is 1. The Hall–Kier alpha value is -3.81. The lowest BCUT2D eigenvalue weighted by Crippen LogP contribution is -2.41. The maximum atomic E-state index is 13.1. The van der Waals surface area contributed by atoms with E-state index in [-0.39, 0.29) is 19.1 Å². The molecule has 1 atom stereocenters. The number of amides is 3. The molecular weight excluding hydrogens is 374 g/mol. The highest BCUT2D eigenvalue weighted by Crippen LogP contribution is 2.37. The SMILES string of the molecule is C[C@@]1(c2ccc3c(c2)OCO3)NC(=O)N(CC(=O)c2c[nH]c3ccccc23)C1=O. The highest BCUT2D eigenvalue weighted by molar-refractivity contribution is 6.14. The van der Waals surface area contributed by atoms with Gasteiger partial charge in [-0.15, -0.1) is 0 Å². The summed E-state index contributed by atoms with van der Waals surface area (Å²) in [6.07, 6.45) is 1.60. The van der Waals surface area contributed by atoms with Crippen molar-refractivity contribution in [2.75, 3.05) is 13.3 Å². The molecule has 29 heavy (non-hydrogen) atoms. The van der Waals surface area contributed by atoms with Gasteiger partial charge in [-0.25, -0.2) is 4.79 Å². The van der Waals surface area contributed by atoms with Crippen LogP contribution < -0.4 is 14.8 Å². The number of aromatic amines is 1. The molecule has 0 bridgehead atoms. The number of ketones is 1. The number of urea groups is 1. The molecule has 1 saturated heterocycles. The van der Waals surface area contributed by atoms with Gasteiger partial charge >= 0.3 is 6.03 Å². The highest BCUT2D eigenvalue weighted by Gasteiger charge is 2.50. The fraction of sp³-hybridized carbons (Fsp3) is 0.190. The van der Waals surface area contributed by atoms with Gasteiger partial charge in [-0.2, -0.15) is 0 Å². The predicted octanol–water partition coefficient (Wildman–Crippen LogP) is 2.55. The largest absolute Gasteiger partial charge is 0.454 e. The third-order valence-corrected chi connectivity index (χ3v) is 5.42. The number of nitrogens with one attached hydrogen (secondary N) is 2. The Morgan fingerprint density at radius 1 is 1.14 bits per heavy atom. The van der Waals surface area contributed by atoms with Crippen LogP contribution in [0.25, 0.3) is 10.9 Å². The van der Waals surface area contributed by atoms with Crippen molar-refractivity contribution < 1.29 is 23.9 Å². The Morgan fingerprint density at radius 3 is 2.79 bits per heavy atom. The van der Waals surface area contributed by atoms with Crippen molar-refractivity contribution in [1.29, 1.82) is 0 Å². The fourth-order valence-electron chi connectivity index (χ4n) is 3.77. The van der Waals surface area contributed by atoms with Gasteiger partial charge in [0.05, 0.1) is 6.54 Å². The standard InChI is InChI=1S/C21H17N3O5/c1-21(12-6-7-17-18(8-12)29-11-28-17)19(26)24(20(27)23-21)10-16(25)14-9-22-15-5-3-2-4-13(14)15/h2-9,22H,10-11H2,1H3,(H,23,27)/t21-/m0/s1. The monoisotopic (exact) mass is 391 g/mol. The molecule has 8 heteroatoms. The summed E-state index contributed by atoms with van der Waals surface area (Å²) < 4.78 is 10.7. The number of Topliss-reactive ketones (excluding diaryl/α,β-unsaturated/α-hetero) is 1. The number of imide groups is 1. The van der Waals surface area contributed by atoms with Crippen molar-refractivity contribution in [2.24, 2.45) is 0 Å². The van der Waals surface area contributed by atoms with Gasteiger partial charge in [-0.3, -0.25) is 14.5 Å². The Morgan fingerprint density at radius 2 is 1.93 bits per heavy atom. The third-order valence-electron chi connectivity index (χ3n) is 5.42. The van der Waals surface area contributed by atoms with Crippen molar-refractivity contribution >= 4 is 28.6 Å². The van der Waals surface area contributed by atoms with E-state index < -0.39 is 17.5 Å². The average molecular weight is 391 g/mol. The summed E-state index contributed by atoms with van der Waals surface area (Å²) in [5, 5.41) is 3.46. The van der Waals surface area contributed by atoms with Crippen LogP contribution in [0.2, 0.25) is 0 Å². The third kappa shape index (κ3) is 2.56. The van der Waals surface area contributed by atoms with Gasteiger partial charge in [-0.1, -0.05) is 24.3 Å². The van der Waals surface area contributed by atoms with Gasteiger partial charge in [0.25, 0.3) is 5.91 Å². The Kier molecular flexibility index (Phi) is 3.64. The van der Waals surface area contributed by atoms with Crippen molar-refractivity contribution in [3.05, 3.63) is 59.8 Å². The zero-order chi connectivity index (χ0) is 20.2. The van der Waals surface area contributed by atoms with E-state index in [2.05, 4.69) is 10.3 Å². The van der Waals surface area contributed by atoms with Crippen LogP contribution in [-0.2, 0) is 10.3 Å². The molecule has 5 rings (SSSR count). The van der Waals surface area contributed by atoms with E-state index in [0.717, 1.165) is 15.8 Å². The Labute approximate surface area is 165 Å². The van der Waals surface area contributed by atoms with Crippen molar-refractivity contribution in [2.45, 2.75) is 12.5 Å². The van der Waals surface area contributed by atoms with E-state index in [0.29, 0.717) is 22.6 Å². The molecule has 3 amide bonds. The number of rotatable bonds is 4. The number of carbonyl (C=O) groups excluding carboxylic acids is 3. The molecule has 1 fully saturated rings. The minimum absolute atomic E-state index is 0.112. The van der Waals surface area contributed by atoms with Crippen LogP contribution >= 0.6 is 0 Å². The van der Waals surface area contributed by atoms with E-state index in [1.54, 1.807) is 31.3 Å². The molecule has 8 nitrogen and oxygen atoms in total. The zero-order valence-electron chi connectivity index (χ0n) is 15.5. The second-order valence-corrected chi connectivity index (χ2v) is 7.19. The van der Waals surface area contributed by atoms with Crippen LogP contribution in [-0.4, -0.2) is 40.9 Å². The first-order chi connectivity index (χ1) is 14.0. The summed E-state index contributed by atoms with van der Waals surface area (Å²) in [5.74, 6) is 0.287. The maximum absolute atomic E-state index is 13.1. The summed E-state index contributed by atoms with van der Waals surface area (Å²) in [6, 6.07) is 11.8. The number of para-hydroxylation sites is 1. The van der Waals surface area contributed by atoms with Gasteiger partial charge in [0, 0.05) is 22.7 Å². The minimum Gasteiger partial charge on any atom is -0.454 e. The van der Waals surface area contributed by atoms with Crippen LogP contribution in [0.15, 0.2) is 48.7 Å². The molecule has 0 spiro atoms. The lowest BCUT2D eigenvalue weighted by Gasteiger charge is -2.22. The summed E-state index contributed by atoms with van der Waals surface area (Å²) in [6.45, 7) is 1.38. The first-order valence-corrected chi connectivity index (χ1v) is 9.11. The number of H-pyrrole nitrogens is 1. The fourth-order valence-corrected chi connectivity index (χ4v) is 3.77. The number of nitrogens with zero attached hydrogens (tertiary/aromatic N) is 1. The number of benzene rings is 2. The number of ether oxygens (including phenoxy) is 2. The van der Waals surface area contributed by atoms with Crippen molar-refractivity contribution in [1.82, 2.24) is 15.2 Å².